The van der Waals surface area contributed by atoms with Gasteiger partial charge in [-0.3, -0.25) is 4.79 Å². The lowest BCUT2D eigenvalue weighted by atomic mass is 10.0. The highest BCUT2D eigenvalue weighted by molar-refractivity contribution is 6.15. The molecule has 0 saturated heterocycles. The Labute approximate surface area is 97.7 Å². The van der Waals surface area contributed by atoms with Crippen molar-refractivity contribution in [2.45, 2.75) is 20.3 Å². The van der Waals surface area contributed by atoms with Crippen LogP contribution >= 0.6 is 0 Å². The monoisotopic (exact) mass is 238 g/mol. The fourth-order valence-electron chi connectivity index (χ4n) is 1.79. The molecule has 0 spiro atoms. The van der Waals surface area contributed by atoms with Crippen molar-refractivity contribution in [1.29, 1.82) is 0 Å². The zero-order chi connectivity index (χ0) is 12.6. The molecule has 0 N–H and O–H groups in total. The largest absolute Gasteiger partial charge is 0.272 e. The highest BCUT2D eigenvalue weighted by Gasteiger charge is 2.33. The molecule has 1 heterocycles. The van der Waals surface area contributed by atoms with Gasteiger partial charge in [0.15, 0.2) is 5.82 Å². The zero-order valence-corrected chi connectivity index (χ0v) is 9.58. The highest BCUT2D eigenvalue weighted by Crippen LogP contribution is 2.27. The van der Waals surface area contributed by atoms with Gasteiger partial charge in [-0.2, -0.15) is 10.1 Å². The summed E-state index contributed by atoms with van der Waals surface area (Å²) in [5.74, 6) is -2.09. The minimum Gasteiger partial charge on any atom is -0.272 e. The van der Waals surface area contributed by atoms with E-state index in [9.17, 15) is 13.6 Å². The Morgan fingerprint density at radius 2 is 2.12 bits per heavy atom. The Bertz CT molecular complexity index is 499. The Morgan fingerprint density at radius 3 is 2.65 bits per heavy atom. The minimum atomic E-state index is -0.786. The standard InChI is InChI=1S/C12H12F2N2O/c1-3-10-7(2)12(17)16(15-10)11-5-4-8(13)6-9(11)14/h4-7H,3H2,1-2H3. The van der Waals surface area contributed by atoms with Gasteiger partial charge < -0.3 is 0 Å². The second-order valence-corrected chi connectivity index (χ2v) is 3.91. The van der Waals surface area contributed by atoms with Crippen LogP contribution in [0.1, 0.15) is 20.3 Å². The molecule has 1 aromatic rings. The van der Waals surface area contributed by atoms with Gasteiger partial charge in [-0.05, 0) is 25.5 Å². The first kappa shape index (κ1) is 11.7. The lowest BCUT2D eigenvalue weighted by Gasteiger charge is -2.13. The summed E-state index contributed by atoms with van der Waals surface area (Å²) in [6, 6.07) is 3.07. The van der Waals surface area contributed by atoms with E-state index in [2.05, 4.69) is 5.10 Å². The van der Waals surface area contributed by atoms with Crippen molar-refractivity contribution in [1.82, 2.24) is 0 Å². The third-order valence-corrected chi connectivity index (χ3v) is 2.81. The number of carbonyl (C=O) groups excluding carboxylic acids is 1. The predicted octanol–water partition coefficient (Wildman–Crippen LogP) is 2.71. The number of benzene rings is 1. The maximum atomic E-state index is 13.5. The Hall–Kier alpha value is -1.78. The summed E-state index contributed by atoms with van der Waals surface area (Å²) in [6.07, 6.45) is 0.631. The summed E-state index contributed by atoms with van der Waals surface area (Å²) >= 11 is 0. The molecule has 1 aromatic carbocycles. The lowest BCUT2D eigenvalue weighted by Crippen LogP contribution is -2.26. The molecule has 0 radical (unpaired) electrons. The molecule has 1 amide bonds. The normalized spacial score (nSPS) is 19.8. The average Bonchev–Trinajstić information content (AvgIpc) is 2.57. The third-order valence-electron chi connectivity index (χ3n) is 2.81. The summed E-state index contributed by atoms with van der Waals surface area (Å²) < 4.78 is 26.3. The van der Waals surface area contributed by atoms with E-state index in [1.54, 1.807) is 6.92 Å². The molecule has 1 aliphatic heterocycles. The number of hydrogen-bond donors (Lipinski definition) is 0. The number of nitrogens with zero attached hydrogens (tertiary/aromatic N) is 2. The van der Waals surface area contributed by atoms with Gasteiger partial charge in [0, 0.05) is 6.07 Å². The molecule has 3 nitrogen and oxygen atoms in total. The van der Waals surface area contributed by atoms with E-state index in [1.165, 1.54) is 6.07 Å². The van der Waals surface area contributed by atoms with Crippen LogP contribution in [0.25, 0.3) is 0 Å². The average molecular weight is 238 g/mol. The van der Waals surface area contributed by atoms with Gasteiger partial charge in [0.25, 0.3) is 5.91 Å². The maximum absolute atomic E-state index is 13.5. The minimum absolute atomic E-state index is 0.00769. The van der Waals surface area contributed by atoms with Crippen LogP contribution in [0.4, 0.5) is 14.5 Å². The van der Waals surface area contributed by atoms with Gasteiger partial charge in [0.05, 0.1) is 11.6 Å². The van der Waals surface area contributed by atoms with Crippen LogP contribution in [0.15, 0.2) is 23.3 Å². The van der Waals surface area contributed by atoms with E-state index in [0.717, 1.165) is 17.1 Å². The number of hydrogen-bond acceptors (Lipinski definition) is 2. The third kappa shape index (κ3) is 1.92. The summed E-state index contributed by atoms with van der Waals surface area (Å²) in [7, 11) is 0. The molecule has 0 bridgehead atoms. The lowest BCUT2D eigenvalue weighted by molar-refractivity contribution is -0.119. The molecule has 1 unspecified atom stereocenters. The number of rotatable bonds is 2. The van der Waals surface area contributed by atoms with Gasteiger partial charge in [0.1, 0.15) is 11.5 Å². The molecule has 0 aromatic heterocycles. The van der Waals surface area contributed by atoms with E-state index >= 15 is 0 Å². The SMILES string of the molecule is CCC1=NN(c2ccc(F)cc2F)C(=O)C1C. The second-order valence-electron chi connectivity index (χ2n) is 3.91. The Kier molecular flexibility index (Phi) is 2.92. The summed E-state index contributed by atoms with van der Waals surface area (Å²) in [4.78, 5) is 11.9. The Morgan fingerprint density at radius 1 is 1.41 bits per heavy atom. The topological polar surface area (TPSA) is 32.7 Å². The number of halogens is 2. The smallest absolute Gasteiger partial charge is 0.256 e. The van der Waals surface area contributed by atoms with Crippen LogP contribution in [0, 0.1) is 17.6 Å². The van der Waals surface area contributed by atoms with Crippen molar-refractivity contribution >= 4 is 17.3 Å². The molecule has 90 valence electrons. The van der Waals surface area contributed by atoms with E-state index in [1.807, 2.05) is 6.92 Å². The van der Waals surface area contributed by atoms with E-state index in [4.69, 9.17) is 0 Å². The van der Waals surface area contributed by atoms with Gasteiger partial charge in [-0.1, -0.05) is 6.92 Å². The second kappa shape index (κ2) is 4.24. The van der Waals surface area contributed by atoms with Crippen LogP contribution < -0.4 is 5.01 Å². The van der Waals surface area contributed by atoms with Crippen LogP contribution in [-0.2, 0) is 4.79 Å². The quantitative estimate of drug-likeness (QED) is 0.779. The number of amides is 1. The first-order valence-electron chi connectivity index (χ1n) is 5.41. The number of anilines is 1. The summed E-state index contributed by atoms with van der Waals surface area (Å²) in [5.41, 5.74) is 0.699. The molecule has 0 aliphatic carbocycles. The molecule has 17 heavy (non-hydrogen) atoms. The van der Waals surface area contributed by atoms with Crippen LogP contribution in [0.2, 0.25) is 0 Å². The maximum Gasteiger partial charge on any atom is 0.256 e. The summed E-state index contributed by atoms with van der Waals surface area (Å²) in [5, 5.41) is 5.08. The highest BCUT2D eigenvalue weighted by atomic mass is 19.1. The van der Waals surface area contributed by atoms with Gasteiger partial charge in [-0.25, -0.2) is 8.78 Å². The van der Waals surface area contributed by atoms with E-state index < -0.39 is 11.6 Å². The molecule has 0 fully saturated rings. The number of hydrazone groups is 1. The Balaban J connectivity index is 2.41. The van der Waals surface area contributed by atoms with E-state index in [0.29, 0.717) is 12.1 Å². The molecule has 2 rings (SSSR count). The van der Waals surface area contributed by atoms with Gasteiger partial charge in [0.2, 0.25) is 0 Å². The fraction of sp³-hybridized carbons (Fsp3) is 0.333. The zero-order valence-electron chi connectivity index (χ0n) is 9.58. The van der Waals surface area contributed by atoms with E-state index in [-0.39, 0.29) is 17.5 Å². The van der Waals surface area contributed by atoms with Gasteiger partial charge >= 0.3 is 0 Å². The van der Waals surface area contributed by atoms with Crippen LogP contribution in [-0.4, -0.2) is 11.6 Å². The van der Waals surface area contributed by atoms with Gasteiger partial charge in [-0.15, -0.1) is 0 Å². The van der Waals surface area contributed by atoms with Crippen molar-refractivity contribution in [3.63, 3.8) is 0 Å². The van der Waals surface area contributed by atoms with Crippen LogP contribution in [0.3, 0.4) is 0 Å². The van der Waals surface area contributed by atoms with Crippen molar-refractivity contribution in [3.05, 3.63) is 29.8 Å². The van der Waals surface area contributed by atoms with Crippen molar-refractivity contribution in [3.8, 4) is 0 Å². The first-order chi connectivity index (χ1) is 8.04. The van der Waals surface area contributed by atoms with Crippen molar-refractivity contribution in [2.75, 3.05) is 5.01 Å². The molecule has 0 saturated carbocycles. The first-order valence-corrected chi connectivity index (χ1v) is 5.41. The summed E-state index contributed by atoms with van der Waals surface area (Å²) in [6.45, 7) is 3.61. The van der Waals surface area contributed by atoms with Crippen molar-refractivity contribution < 1.29 is 13.6 Å². The van der Waals surface area contributed by atoms with Crippen molar-refractivity contribution in [2.24, 2.45) is 11.0 Å². The van der Waals surface area contributed by atoms with Crippen LogP contribution in [0.5, 0.6) is 0 Å². The fourth-order valence-corrected chi connectivity index (χ4v) is 1.79. The number of carbonyl (C=O) groups is 1. The molecular formula is C12H12F2N2O. The molecule has 5 heteroatoms. The predicted molar refractivity (Wildman–Crippen MR) is 60.7 cm³/mol. The molecule has 1 aliphatic rings. The molecule has 1 atom stereocenters. The molecular weight excluding hydrogens is 226 g/mol.